The minimum absolute atomic E-state index is 0.369. The van der Waals surface area contributed by atoms with E-state index in [4.69, 9.17) is 5.73 Å². The third-order valence-electron chi connectivity index (χ3n) is 3.27. The zero-order valence-electron chi connectivity index (χ0n) is 12.5. The molecule has 0 saturated heterocycles. The van der Waals surface area contributed by atoms with E-state index in [2.05, 4.69) is 5.32 Å². The van der Waals surface area contributed by atoms with Crippen molar-refractivity contribution in [3.63, 3.8) is 0 Å². The predicted octanol–water partition coefficient (Wildman–Crippen LogP) is 2.98. The molecular formula is C17H14F3N2O2. The summed E-state index contributed by atoms with van der Waals surface area (Å²) in [5.41, 5.74) is 4.55. The van der Waals surface area contributed by atoms with Crippen molar-refractivity contribution in [3.8, 4) is 0 Å². The summed E-state index contributed by atoms with van der Waals surface area (Å²) in [6.07, 6.45) is 2.22. The number of amides is 2. The molecule has 0 aliphatic carbocycles. The monoisotopic (exact) mass is 335 g/mol. The predicted molar refractivity (Wildman–Crippen MR) is 82.5 cm³/mol. The van der Waals surface area contributed by atoms with Gasteiger partial charge in [0.25, 0.3) is 5.91 Å². The summed E-state index contributed by atoms with van der Waals surface area (Å²) in [5, 5.41) is 2.15. The van der Waals surface area contributed by atoms with Gasteiger partial charge in [0.1, 0.15) is 5.56 Å². The lowest BCUT2D eigenvalue weighted by atomic mass is 10.1. The van der Waals surface area contributed by atoms with Crippen LogP contribution in [0.25, 0.3) is 0 Å². The highest BCUT2D eigenvalue weighted by Crippen LogP contribution is 2.24. The molecule has 0 fully saturated rings. The van der Waals surface area contributed by atoms with Crippen LogP contribution in [0.2, 0.25) is 0 Å². The summed E-state index contributed by atoms with van der Waals surface area (Å²) in [5.74, 6) is -7.08. The molecule has 0 aliphatic heterocycles. The van der Waals surface area contributed by atoms with Gasteiger partial charge in [-0.3, -0.25) is 9.59 Å². The van der Waals surface area contributed by atoms with E-state index in [0.29, 0.717) is 18.9 Å². The number of nitrogens with two attached hydrogens (primary N) is 1. The van der Waals surface area contributed by atoms with Gasteiger partial charge < -0.3 is 11.1 Å². The van der Waals surface area contributed by atoms with Gasteiger partial charge >= 0.3 is 0 Å². The number of carbonyl (C=O) groups excluding carboxylic acids is 2. The number of halogens is 3. The number of hydrogen-bond acceptors (Lipinski definition) is 2. The molecule has 0 heterocycles. The summed E-state index contributed by atoms with van der Waals surface area (Å²) in [6, 6.07) is 9.88. The van der Waals surface area contributed by atoms with E-state index in [0.717, 1.165) is 5.56 Å². The van der Waals surface area contributed by atoms with Gasteiger partial charge in [-0.05, 0) is 18.4 Å². The van der Waals surface area contributed by atoms with Crippen molar-refractivity contribution < 1.29 is 22.8 Å². The quantitative estimate of drug-likeness (QED) is 0.797. The van der Waals surface area contributed by atoms with Gasteiger partial charge in [-0.1, -0.05) is 30.3 Å². The average molecular weight is 335 g/mol. The van der Waals surface area contributed by atoms with Crippen LogP contribution in [-0.4, -0.2) is 11.8 Å². The van der Waals surface area contributed by atoms with Crippen molar-refractivity contribution >= 4 is 17.5 Å². The fourth-order valence-electron chi connectivity index (χ4n) is 2.13. The number of benzene rings is 2. The van der Waals surface area contributed by atoms with Crippen LogP contribution in [0.1, 0.15) is 22.3 Å². The number of primary amides is 1. The summed E-state index contributed by atoms with van der Waals surface area (Å²) >= 11 is 0. The Kier molecular flexibility index (Phi) is 5.57. The van der Waals surface area contributed by atoms with E-state index < -0.39 is 40.5 Å². The number of anilines is 1. The zero-order valence-corrected chi connectivity index (χ0v) is 12.5. The average Bonchev–Trinajstić information content (AvgIpc) is 2.53. The van der Waals surface area contributed by atoms with Gasteiger partial charge in [0.15, 0.2) is 17.5 Å². The fourth-order valence-corrected chi connectivity index (χ4v) is 2.13. The molecular weight excluding hydrogens is 321 g/mol. The Morgan fingerprint density at radius 2 is 1.75 bits per heavy atom. The van der Waals surface area contributed by atoms with Gasteiger partial charge in [0.2, 0.25) is 5.91 Å². The van der Waals surface area contributed by atoms with Crippen LogP contribution in [-0.2, 0) is 11.2 Å². The Bertz CT molecular complexity index is 764. The maximum absolute atomic E-state index is 13.6. The third kappa shape index (κ3) is 4.13. The highest BCUT2D eigenvalue weighted by molar-refractivity contribution is 6.05. The third-order valence-corrected chi connectivity index (χ3v) is 3.27. The van der Waals surface area contributed by atoms with Crippen molar-refractivity contribution in [2.45, 2.75) is 12.8 Å². The van der Waals surface area contributed by atoms with E-state index in [1.165, 1.54) is 6.42 Å². The molecule has 125 valence electrons. The molecule has 2 aromatic rings. The SMILES string of the molecule is NC(=O)c1c(NC(=O)[CH]CCc2ccccc2)cc(F)c(F)c1F. The molecule has 0 bridgehead atoms. The van der Waals surface area contributed by atoms with Gasteiger partial charge in [-0.2, -0.15) is 0 Å². The first kappa shape index (κ1) is 17.5. The molecule has 2 rings (SSSR count). The summed E-state index contributed by atoms with van der Waals surface area (Å²) in [6.45, 7) is 0. The lowest BCUT2D eigenvalue weighted by Gasteiger charge is -2.11. The van der Waals surface area contributed by atoms with Crippen LogP contribution in [0.15, 0.2) is 36.4 Å². The number of nitrogens with one attached hydrogen (secondary N) is 1. The lowest BCUT2D eigenvalue weighted by Crippen LogP contribution is -2.21. The molecule has 0 aromatic heterocycles. The van der Waals surface area contributed by atoms with Gasteiger partial charge in [0, 0.05) is 6.07 Å². The van der Waals surface area contributed by atoms with E-state index >= 15 is 0 Å². The number of aryl methyl sites for hydroxylation is 1. The van der Waals surface area contributed by atoms with E-state index in [9.17, 15) is 22.8 Å². The molecule has 1 radical (unpaired) electrons. The molecule has 2 amide bonds. The molecule has 0 atom stereocenters. The highest BCUT2D eigenvalue weighted by atomic mass is 19.2. The summed E-state index contributed by atoms with van der Waals surface area (Å²) in [7, 11) is 0. The molecule has 4 nitrogen and oxygen atoms in total. The van der Waals surface area contributed by atoms with Gasteiger partial charge in [-0.15, -0.1) is 0 Å². The van der Waals surface area contributed by atoms with E-state index in [1.54, 1.807) is 0 Å². The van der Waals surface area contributed by atoms with Gasteiger partial charge in [-0.25, -0.2) is 13.2 Å². The molecule has 0 aliphatic rings. The second-order valence-corrected chi connectivity index (χ2v) is 4.99. The minimum atomic E-state index is -1.82. The number of carbonyl (C=O) groups is 2. The molecule has 0 saturated carbocycles. The second-order valence-electron chi connectivity index (χ2n) is 4.99. The largest absolute Gasteiger partial charge is 0.365 e. The summed E-state index contributed by atoms with van der Waals surface area (Å²) < 4.78 is 40.1. The normalized spacial score (nSPS) is 10.5. The van der Waals surface area contributed by atoms with Crippen molar-refractivity contribution in [2.24, 2.45) is 5.73 Å². The highest BCUT2D eigenvalue weighted by Gasteiger charge is 2.23. The standard InChI is InChI=1S/C17H14F3N2O2/c18-11-9-12(14(17(21)24)16(20)15(11)19)22-13(23)8-4-7-10-5-2-1-3-6-10/h1-3,5-6,8-9H,4,7H2,(H2,21,24)(H,22,23). The molecule has 0 spiro atoms. The Balaban J connectivity index is 2.05. The van der Waals surface area contributed by atoms with Crippen molar-refractivity contribution in [1.29, 1.82) is 0 Å². The molecule has 0 unspecified atom stereocenters. The zero-order chi connectivity index (χ0) is 17.7. The number of hydrogen-bond donors (Lipinski definition) is 2. The molecule has 2 aromatic carbocycles. The molecule has 24 heavy (non-hydrogen) atoms. The van der Waals surface area contributed by atoms with Crippen LogP contribution in [0.3, 0.4) is 0 Å². The first-order chi connectivity index (χ1) is 11.4. The lowest BCUT2D eigenvalue weighted by molar-refractivity contribution is -0.113. The van der Waals surface area contributed by atoms with Crippen molar-refractivity contribution in [2.75, 3.05) is 5.32 Å². The topological polar surface area (TPSA) is 72.2 Å². The number of rotatable bonds is 6. The smallest absolute Gasteiger partial charge is 0.253 e. The van der Waals surface area contributed by atoms with Crippen LogP contribution in [0.5, 0.6) is 0 Å². The van der Waals surface area contributed by atoms with Crippen LogP contribution >= 0.6 is 0 Å². The Labute approximate surface area is 136 Å². The van der Waals surface area contributed by atoms with E-state index in [-0.39, 0.29) is 0 Å². The van der Waals surface area contributed by atoms with E-state index in [1.807, 2.05) is 30.3 Å². The minimum Gasteiger partial charge on any atom is -0.365 e. The Morgan fingerprint density at radius 3 is 2.38 bits per heavy atom. The fraction of sp³-hybridized carbons (Fsp3) is 0.118. The Hall–Kier alpha value is -2.83. The van der Waals surface area contributed by atoms with Crippen LogP contribution < -0.4 is 11.1 Å². The molecule has 3 N–H and O–H groups in total. The first-order valence-electron chi connectivity index (χ1n) is 7.05. The second kappa shape index (κ2) is 7.63. The van der Waals surface area contributed by atoms with Gasteiger partial charge in [0.05, 0.1) is 12.1 Å². The van der Waals surface area contributed by atoms with Crippen LogP contribution in [0, 0.1) is 23.9 Å². The maximum atomic E-state index is 13.6. The summed E-state index contributed by atoms with van der Waals surface area (Å²) in [4.78, 5) is 23.0. The molecule has 7 heteroatoms. The Morgan fingerprint density at radius 1 is 1.08 bits per heavy atom. The first-order valence-corrected chi connectivity index (χ1v) is 7.05. The van der Waals surface area contributed by atoms with Crippen molar-refractivity contribution in [1.82, 2.24) is 0 Å². The maximum Gasteiger partial charge on any atom is 0.253 e. The van der Waals surface area contributed by atoms with Crippen molar-refractivity contribution in [3.05, 3.63) is 71.4 Å². The van der Waals surface area contributed by atoms with Crippen LogP contribution in [0.4, 0.5) is 18.9 Å².